The van der Waals surface area contributed by atoms with Crippen LogP contribution in [0, 0.1) is 0 Å². The van der Waals surface area contributed by atoms with Gasteiger partial charge in [-0.3, -0.25) is 4.79 Å². The first kappa shape index (κ1) is 9.99. The van der Waals surface area contributed by atoms with Gasteiger partial charge >= 0.3 is 0 Å². The molecule has 0 aromatic carbocycles. The highest BCUT2D eigenvalue weighted by Crippen LogP contribution is 2.15. The molecule has 1 aromatic heterocycles. The molecule has 1 rings (SSSR count). The average molecular weight is 180 g/mol. The Morgan fingerprint density at radius 1 is 1.46 bits per heavy atom. The Kier molecular flexibility index (Phi) is 2.88. The Morgan fingerprint density at radius 3 is 2.69 bits per heavy atom. The predicted octanol–water partition coefficient (Wildman–Crippen LogP) is 0.932. The summed E-state index contributed by atoms with van der Waals surface area (Å²) in [5.74, 6) is 0. The maximum atomic E-state index is 11.5. The van der Waals surface area contributed by atoms with Crippen LogP contribution in [0.1, 0.15) is 20.3 Å². The molecule has 0 radical (unpaired) electrons. The van der Waals surface area contributed by atoms with E-state index in [2.05, 4.69) is 0 Å². The minimum absolute atomic E-state index is 0.0287. The predicted molar refractivity (Wildman–Crippen MR) is 53.7 cm³/mol. The van der Waals surface area contributed by atoms with E-state index in [9.17, 15) is 4.79 Å². The van der Waals surface area contributed by atoms with Crippen LogP contribution in [0.2, 0.25) is 0 Å². The number of nitrogens with zero attached hydrogens (tertiary/aromatic N) is 1. The van der Waals surface area contributed by atoms with Gasteiger partial charge < -0.3 is 10.3 Å². The Hall–Kier alpha value is -1.09. The third kappa shape index (κ3) is 2.18. The molecule has 2 N–H and O–H groups in total. The molecule has 0 fully saturated rings. The molecule has 0 spiro atoms. The molecule has 3 nitrogen and oxygen atoms in total. The molecule has 0 saturated heterocycles. The molecule has 72 valence electrons. The third-order valence-electron chi connectivity index (χ3n) is 2.23. The first-order chi connectivity index (χ1) is 6.08. The first-order valence-corrected chi connectivity index (χ1v) is 4.46. The quantitative estimate of drug-likeness (QED) is 0.752. The summed E-state index contributed by atoms with van der Waals surface area (Å²) in [5, 5.41) is 0. The standard InChI is InChI=1S/C10H16N2O/c1-10(2,6-7-11)12-8-4-3-5-9(12)13/h3-5,8H,6-7,11H2,1-2H3. The fourth-order valence-electron chi connectivity index (χ4n) is 1.40. The molecule has 0 aliphatic carbocycles. The first-order valence-electron chi connectivity index (χ1n) is 4.46. The number of nitrogens with two attached hydrogens (primary N) is 1. The van der Waals surface area contributed by atoms with E-state index in [1.807, 2.05) is 19.9 Å². The van der Waals surface area contributed by atoms with Gasteiger partial charge in [-0.25, -0.2) is 0 Å². The van der Waals surface area contributed by atoms with Crippen molar-refractivity contribution >= 4 is 0 Å². The molecule has 3 heteroatoms. The van der Waals surface area contributed by atoms with Crippen LogP contribution >= 0.6 is 0 Å². The second-order valence-corrected chi connectivity index (χ2v) is 3.76. The molecule has 1 aromatic rings. The highest BCUT2D eigenvalue weighted by Gasteiger charge is 2.19. The molecule has 0 saturated carbocycles. The van der Waals surface area contributed by atoms with Crippen molar-refractivity contribution in [3.05, 3.63) is 34.7 Å². The van der Waals surface area contributed by atoms with Gasteiger partial charge in [-0.05, 0) is 32.9 Å². The van der Waals surface area contributed by atoms with Gasteiger partial charge in [0, 0.05) is 17.8 Å². The van der Waals surface area contributed by atoms with Gasteiger partial charge in [0.25, 0.3) is 5.56 Å². The molecule has 13 heavy (non-hydrogen) atoms. The van der Waals surface area contributed by atoms with E-state index < -0.39 is 0 Å². The van der Waals surface area contributed by atoms with Crippen molar-refractivity contribution in [1.29, 1.82) is 0 Å². The molecule has 0 aliphatic heterocycles. The fourth-order valence-corrected chi connectivity index (χ4v) is 1.40. The molecular formula is C10H16N2O. The van der Waals surface area contributed by atoms with Crippen LogP contribution in [-0.2, 0) is 5.54 Å². The lowest BCUT2D eigenvalue weighted by Gasteiger charge is -2.26. The van der Waals surface area contributed by atoms with Crippen LogP contribution in [-0.4, -0.2) is 11.1 Å². The zero-order chi connectivity index (χ0) is 9.90. The lowest BCUT2D eigenvalue weighted by Crippen LogP contribution is -2.36. The fraction of sp³-hybridized carbons (Fsp3) is 0.500. The number of aromatic nitrogens is 1. The second kappa shape index (κ2) is 3.75. The third-order valence-corrected chi connectivity index (χ3v) is 2.23. The van der Waals surface area contributed by atoms with Crippen molar-refractivity contribution in [2.45, 2.75) is 25.8 Å². The SMILES string of the molecule is CC(C)(CCN)n1ccccc1=O. The lowest BCUT2D eigenvalue weighted by molar-refractivity contribution is 0.323. The Morgan fingerprint density at radius 2 is 2.15 bits per heavy atom. The summed E-state index contributed by atoms with van der Waals surface area (Å²) in [6.07, 6.45) is 2.61. The summed E-state index contributed by atoms with van der Waals surface area (Å²) in [5.41, 5.74) is 5.33. The summed E-state index contributed by atoms with van der Waals surface area (Å²) in [4.78, 5) is 11.5. The summed E-state index contributed by atoms with van der Waals surface area (Å²) in [7, 11) is 0. The van der Waals surface area contributed by atoms with E-state index in [1.165, 1.54) is 0 Å². The molecule has 0 atom stereocenters. The zero-order valence-electron chi connectivity index (χ0n) is 8.16. The van der Waals surface area contributed by atoms with E-state index in [4.69, 9.17) is 5.73 Å². The van der Waals surface area contributed by atoms with Gasteiger partial charge in [0.05, 0.1) is 0 Å². The second-order valence-electron chi connectivity index (χ2n) is 3.76. The van der Waals surface area contributed by atoms with Gasteiger partial charge in [-0.1, -0.05) is 6.07 Å². The maximum Gasteiger partial charge on any atom is 0.251 e. The highest BCUT2D eigenvalue weighted by molar-refractivity contribution is 4.97. The van der Waals surface area contributed by atoms with Crippen molar-refractivity contribution in [1.82, 2.24) is 4.57 Å². The normalized spacial score (nSPS) is 11.6. The van der Waals surface area contributed by atoms with Crippen molar-refractivity contribution in [3.63, 3.8) is 0 Å². The summed E-state index contributed by atoms with van der Waals surface area (Å²) >= 11 is 0. The van der Waals surface area contributed by atoms with E-state index >= 15 is 0 Å². The summed E-state index contributed by atoms with van der Waals surface area (Å²) < 4.78 is 1.72. The minimum Gasteiger partial charge on any atom is -0.330 e. The largest absolute Gasteiger partial charge is 0.330 e. The number of hydrogen-bond donors (Lipinski definition) is 1. The van der Waals surface area contributed by atoms with Crippen LogP contribution < -0.4 is 11.3 Å². The summed E-state index contributed by atoms with van der Waals surface area (Å²) in [6.45, 7) is 4.62. The van der Waals surface area contributed by atoms with Crippen LogP contribution in [0.4, 0.5) is 0 Å². The molecule has 0 amide bonds. The van der Waals surface area contributed by atoms with Crippen LogP contribution in [0.5, 0.6) is 0 Å². The van der Waals surface area contributed by atoms with Gasteiger partial charge in [0.1, 0.15) is 0 Å². The lowest BCUT2D eigenvalue weighted by atomic mass is 10.0. The van der Waals surface area contributed by atoms with Crippen molar-refractivity contribution in [3.8, 4) is 0 Å². The van der Waals surface area contributed by atoms with E-state index in [0.717, 1.165) is 6.42 Å². The van der Waals surface area contributed by atoms with Crippen molar-refractivity contribution in [2.24, 2.45) is 5.73 Å². The Balaban J connectivity index is 3.07. The van der Waals surface area contributed by atoms with Crippen molar-refractivity contribution < 1.29 is 0 Å². The highest BCUT2D eigenvalue weighted by atomic mass is 16.1. The molecule has 0 aliphatic rings. The number of pyridine rings is 1. The topological polar surface area (TPSA) is 48.0 Å². The number of rotatable bonds is 3. The van der Waals surface area contributed by atoms with Crippen LogP contribution in [0.25, 0.3) is 0 Å². The van der Waals surface area contributed by atoms with Gasteiger partial charge in [0.15, 0.2) is 0 Å². The number of hydrogen-bond acceptors (Lipinski definition) is 2. The summed E-state index contributed by atoms with van der Waals surface area (Å²) in [6, 6.07) is 5.18. The maximum absolute atomic E-state index is 11.5. The van der Waals surface area contributed by atoms with E-state index in [1.54, 1.807) is 22.9 Å². The van der Waals surface area contributed by atoms with Gasteiger partial charge in [0.2, 0.25) is 0 Å². The molecular weight excluding hydrogens is 164 g/mol. The average Bonchev–Trinajstić information content (AvgIpc) is 2.04. The Labute approximate surface area is 78.2 Å². The monoisotopic (exact) mass is 180 g/mol. The van der Waals surface area contributed by atoms with E-state index in [-0.39, 0.29) is 11.1 Å². The smallest absolute Gasteiger partial charge is 0.251 e. The van der Waals surface area contributed by atoms with Crippen LogP contribution in [0.3, 0.4) is 0 Å². The molecule has 1 heterocycles. The van der Waals surface area contributed by atoms with Crippen LogP contribution in [0.15, 0.2) is 29.2 Å². The van der Waals surface area contributed by atoms with Crippen molar-refractivity contribution in [2.75, 3.05) is 6.54 Å². The van der Waals surface area contributed by atoms with Gasteiger partial charge in [-0.15, -0.1) is 0 Å². The molecule has 0 unspecified atom stereocenters. The van der Waals surface area contributed by atoms with E-state index in [0.29, 0.717) is 6.54 Å². The Bertz CT molecular complexity index is 328. The minimum atomic E-state index is -0.187. The molecule has 0 bridgehead atoms. The zero-order valence-corrected chi connectivity index (χ0v) is 8.16. The van der Waals surface area contributed by atoms with Gasteiger partial charge in [-0.2, -0.15) is 0 Å².